The average molecular weight is 680 g/mol. The second-order valence-corrected chi connectivity index (χ2v) is 8.89. The summed E-state index contributed by atoms with van der Waals surface area (Å²) in [6.45, 7) is 0. The summed E-state index contributed by atoms with van der Waals surface area (Å²) in [6.07, 6.45) is 3.67. The van der Waals surface area contributed by atoms with E-state index in [2.05, 4.69) is 94.9 Å². The zero-order valence-corrected chi connectivity index (χ0v) is 23.3. The summed E-state index contributed by atoms with van der Waals surface area (Å²) in [5.74, 6) is 0. The topological polar surface area (TPSA) is 25.8 Å². The fourth-order valence-electron chi connectivity index (χ4n) is 4.62. The Morgan fingerprint density at radius 1 is 0.385 bits per heavy atom. The number of nitrogens with zero attached hydrogens (tertiary/aromatic N) is 2. The summed E-state index contributed by atoms with van der Waals surface area (Å²) in [6, 6.07) is 51.4. The van der Waals surface area contributed by atoms with E-state index in [1.807, 2.05) is 73.1 Å². The molecule has 3 heteroatoms. The molecular weight excluding hydrogens is 655 g/mol. The molecule has 0 fully saturated rings. The Bertz CT molecular complexity index is 1730. The van der Waals surface area contributed by atoms with Crippen LogP contribution < -0.4 is 0 Å². The number of hydrogen-bond donors (Lipinski definition) is 0. The maximum atomic E-state index is 4.52. The molecule has 0 bridgehead atoms. The van der Waals surface area contributed by atoms with Gasteiger partial charge in [-0.15, -0.1) is 94.3 Å². The summed E-state index contributed by atoms with van der Waals surface area (Å²) in [5.41, 5.74) is 2.05. The molecule has 0 N–H and O–H groups in total. The first kappa shape index (κ1) is 26.2. The van der Waals surface area contributed by atoms with E-state index in [9.17, 15) is 0 Å². The van der Waals surface area contributed by atoms with Crippen LogP contribution in [0.4, 0.5) is 0 Å². The molecule has 0 aliphatic carbocycles. The van der Waals surface area contributed by atoms with Crippen LogP contribution in [0.5, 0.6) is 0 Å². The smallest absolute Gasteiger partial charge is 0.256 e. The van der Waals surface area contributed by atoms with Gasteiger partial charge in [0.1, 0.15) is 0 Å². The number of pyridine rings is 2. The Morgan fingerprint density at radius 3 is 1.28 bits per heavy atom. The van der Waals surface area contributed by atoms with Gasteiger partial charge in [0.25, 0.3) is 0 Å². The van der Waals surface area contributed by atoms with Crippen LogP contribution in [0.1, 0.15) is 0 Å². The van der Waals surface area contributed by atoms with Gasteiger partial charge >= 0.3 is 21.1 Å². The maximum Gasteiger partial charge on any atom is 2.00 e. The van der Waals surface area contributed by atoms with Crippen LogP contribution in [0.15, 0.2) is 146 Å². The molecule has 0 unspecified atom stereocenters. The first-order valence-electron chi connectivity index (χ1n) is 12.6. The van der Waals surface area contributed by atoms with Gasteiger partial charge in [0, 0.05) is 28.6 Å². The molecule has 8 aromatic rings. The second kappa shape index (κ2) is 12.4. The molecule has 0 amide bonds. The van der Waals surface area contributed by atoms with Crippen molar-refractivity contribution in [2.24, 2.45) is 0 Å². The van der Waals surface area contributed by atoms with Gasteiger partial charge in [0.05, 0.1) is 11.0 Å². The molecule has 0 radical (unpaired) electrons. The van der Waals surface area contributed by atoms with Gasteiger partial charge in [0.2, 0.25) is 0 Å². The van der Waals surface area contributed by atoms with Crippen LogP contribution in [0.2, 0.25) is 0 Å². The molecule has 2 heterocycles. The van der Waals surface area contributed by atoms with Crippen molar-refractivity contribution in [3.63, 3.8) is 0 Å². The Labute approximate surface area is 242 Å². The van der Waals surface area contributed by atoms with E-state index >= 15 is 0 Å². The molecule has 2 aromatic heterocycles. The van der Waals surface area contributed by atoms with Gasteiger partial charge in [-0.05, 0) is 17.5 Å². The molecule has 6 aromatic carbocycles. The van der Waals surface area contributed by atoms with E-state index in [1.54, 1.807) is 0 Å². The molecular formula is C36H24N2Pt. The predicted octanol–water partition coefficient (Wildman–Crippen LogP) is 9.21. The second-order valence-electron chi connectivity index (χ2n) is 8.89. The van der Waals surface area contributed by atoms with Gasteiger partial charge in [-0.25, -0.2) is 0 Å². The Balaban J connectivity index is 0.000000126. The standard InChI is InChI=1S/C16H10N2.2C10H7.Pt/c1-3-12-7-5-11-6-8-13-4-2-10-18-16(13)14(11)15(12)17-9-1;2*1-2-6-10-8-4-3-7-9(10)5-1;/h1-10H;2*1-7H;/q;2*-1;+2. The van der Waals surface area contributed by atoms with E-state index in [4.69, 9.17) is 0 Å². The third-order valence-corrected chi connectivity index (χ3v) is 6.47. The monoisotopic (exact) mass is 679 g/mol. The zero-order valence-electron chi connectivity index (χ0n) is 21.1. The minimum atomic E-state index is 0. The molecule has 0 aliphatic heterocycles. The number of aromatic nitrogens is 2. The van der Waals surface area contributed by atoms with E-state index in [-0.39, 0.29) is 21.1 Å². The van der Waals surface area contributed by atoms with Crippen molar-refractivity contribution in [2.75, 3.05) is 0 Å². The van der Waals surface area contributed by atoms with Crippen molar-refractivity contribution >= 4 is 54.1 Å². The summed E-state index contributed by atoms with van der Waals surface area (Å²) in [4.78, 5) is 9.04. The third kappa shape index (κ3) is 5.87. The molecule has 0 atom stereocenters. The van der Waals surface area contributed by atoms with Crippen LogP contribution in [0.3, 0.4) is 0 Å². The molecule has 0 aliphatic rings. The van der Waals surface area contributed by atoms with Crippen molar-refractivity contribution in [1.29, 1.82) is 0 Å². The molecule has 0 saturated carbocycles. The normalized spacial score (nSPS) is 10.4. The Morgan fingerprint density at radius 2 is 0.795 bits per heavy atom. The minimum Gasteiger partial charge on any atom is -0.256 e. The maximum absolute atomic E-state index is 4.52. The molecule has 0 spiro atoms. The first-order chi connectivity index (χ1) is 18.9. The third-order valence-electron chi connectivity index (χ3n) is 6.47. The van der Waals surface area contributed by atoms with E-state index < -0.39 is 0 Å². The molecule has 2 nitrogen and oxygen atoms in total. The van der Waals surface area contributed by atoms with Crippen LogP contribution >= 0.6 is 0 Å². The average Bonchev–Trinajstić information content (AvgIpc) is 3.01. The minimum absolute atomic E-state index is 0. The summed E-state index contributed by atoms with van der Waals surface area (Å²) < 4.78 is 0. The van der Waals surface area contributed by atoms with Gasteiger partial charge in [-0.2, -0.15) is 0 Å². The largest absolute Gasteiger partial charge is 2.00 e. The zero-order chi connectivity index (χ0) is 25.6. The fraction of sp³-hybridized carbons (Fsp3) is 0. The van der Waals surface area contributed by atoms with Crippen molar-refractivity contribution in [3.05, 3.63) is 158 Å². The quantitative estimate of drug-likeness (QED) is 0.118. The molecule has 39 heavy (non-hydrogen) atoms. The number of fused-ring (bicyclic) bond motifs is 7. The summed E-state index contributed by atoms with van der Waals surface area (Å²) in [5, 5.41) is 9.52. The summed E-state index contributed by atoms with van der Waals surface area (Å²) >= 11 is 0. The molecule has 0 saturated heterocycles. The number of rotatable bonds is 0. The van der Waals surface area contributed by atoms with Crippen molar-refractivity contribution in [2.45, 2.75) is 0 Å². The SMILES string of the molecule is [Pt+2].[c-]1cccc2ccccc12.[c-]1cccc2ccccc12.c1cnc2c(c1)ccc1ccc3cccnc3c12. The van der Waals surface area contributed by atoms with Crippen molar-refractivity contribution in [1.82, 2.24) is 9.97 Å². The van der Waals surface area contributed by atoms with Crippen LogP contribution in [-0.2, 0) is 21.1 Å². The number of benzene rings is 6. The Kier molecular flexibility index (Phi) is 8.36. The first-order valence-corrected chi connectivity index (χ1v) is 12.6. The van der Waals surface area contributed by atoms with Gasteiger partial charge in [-0.3, -0.25) is 9.97 Å². The predicted molar refractivity (Wildman–Crippen MR) is 160 cm³/mol. The summed E-state index contributed by atoms with van der Waals surface area (Å²) in [7, 11) is 0. The molecule has 8 rings (SSSR count). The van der Waals surface area contributed by atoms with Crippen LogP contribution in [0, 0.1) is 12.1 Å². The van der Waals surface area contributed by atoms with E-state index in [0.717, 1.165) is 27.2 Å². The number of hydrogen-bond acceptors (Lipinski definition) is 2. The Hall–Kier alpha value is -4.39. The van der Waals surface area contributed by atoms with Gasteiger partial charge in [0.15, 0.2) is 0 Å². The van der Waals surface area contributed by atoms with E-state index in [0.29, 0.717) is 0 Å². The van der Waals surface area contributed by atoms with Crippen molar-refractivity contribution in [3.8, 4) is 0 Å². The van der Waals surface area contributed by atoms with Gasteiger partial charge < -0.3 is 0 Å². The van der Waals surface area contributed by atoms with Gasteiger partial charge in [-0.1, -0.05) is 60.7 Å². The van der Waals surface area contributed by atoms with Crippen LogP contribution in [-0.4, -0.2) is 9.97 Å². The van der Waals surface area contributed by atoms with E-state index in [1.165, 1.54) is 26.9 Å². The fourth-order valence-corrected chi connectivity index (χ4v) is 4.62. The van der Waals surface area contributed by atoms with Crippen molar-refractivity contribution < 1.29 is 21.1 Å². The molecule has 188 valence electrons. The van der Waals surface area contributed by atoms with Crippen LogP contribution in [0.25, 0.3) is 54.1 Å².